The van der Waals surface area contributed by atoms with Crippen molar-refractivity contribution in [2.75, 3.05) is 32.5 Å². The van der Waals surface area contributed by atoms with Crippen LogP contribution in [0.4, 0.5) is 10.1 Å². The molecule has 0 aliphatic heterocycles. The highest BCUT2D eigenvalue weighted by Crippen LogP contribution is 2.20. The van der Waals surface area contributed by atoms with Crippen LogP contribution in [0.5, 0.6) is 0 Å². The van der Waals surface area contributed by atoms with Crippen LogP contribution in [-0.4, -0.2) is 41.1 Å². The zero-order valence-corrected chi connectivity index (χ0v) is 12.6. The summed E-state index contributed by atoms with van der Waals surface area (Å²) in [6.45, 7) is 1.58. The maximum Gasteiger partial charge on any atom is 0.241 e. The van der Waals surface area contributed by atoms with E-state index in [1.165, 1.54) is 14.0 Å². The smallest absolute Gasteiger partial charge is 0.241 e. The van der Waals surface area contributed by atoms with Gasteiger partial charge in [-0.3, -0.25) is 4.79 Å². The van der Waals surface area contributed by atoms with Crippen molar-refractivity contribution in [1.29, 1.82) is 0 Å². The molecule has 0 saturated heterocycles. The molecule has 0 fully saturated rings. The molecular weight excluding hydrogens is 301 g/mol. The summed E-state index contributed by atoms with van der Waals surface area (Å²) >= 11 is 0. The van der Waals surface area contributed by atoms with Crippen LogP contribution in [0.25, 0.3) is 0 Å². The summed E-state index contributed by atoms with van der Waals surface area (Å²) in [7, 11) is -2.45. The standard InChI is InChI=1S/C12H18FN3O4S/c1-8-5-9(6-10(14)12(8)13)21(18,19)16-7-11(17)15-3-4-20-2/h5-6,16H,3-4,7,14H2,1-2H3,(H,15,17). The summed E-state index contributed by atoms with van der Waals surface area (Å²) in [4.78, 5) is 11.2. The zero-order valence-electron chi connectivity index (χ0n) is 11.8. The number of nitrogens with two attached hydrogens (primary N) is 1. The van der Waals surface area contributed by atoms with Gasteiger partial charge in [-0.05, 0) is 24.6 Å². The molecular formula is C12H18FN3O4S. The number of methoxy groups -OCH3 is 1. The Kier molecular flexibility index (Phi) is 6.06. The van der Waals surface area contributed by atoms with Crippen LogP contribution in [0.1, 0.15) is 5.56 Å². The van der Waals surface area contributed by atoms with Crippen molar-refractivity contribution in [3.63, 3.8) is 0 Å². The Balaban J connectivity index is 2.72. The first kappa shape index (κ1) is 17.3. The largest absolute Gasteiger partial charge is 0.396 e. The second kappa shape index (κ2) is 7.34. The number of nitrogens with one attached hydrogen (secondary N) is 2. The minimum atomic E-state index is -3.94. The summed E-state index contributed by atoms with van der Waals surface area (Å²) in [5, 5.41) is 2.46. The van der Waals surface area contributed by atoms with Gasteiger partial charge in [-0.1, -0.05) is 0 Å². The quantitative estimate of drug-likeness (QED) is 0.474. The van der Waals surface area contributed by atoms with Gasteiger partial charge >= 0.3 is 0 Å². The second-order valence-electron chi connectivity index (χ2n) is 4.31. The first-order valence-electron chi connectivity index (χ1n) is 6.09. The number of halogens is 1. The number of nitrogen functional groups attached to an aromatic ring is 1. The molecule has 118 valence electrons. The van der Waals surface area contributed by atoms with Gasteiger partial charge < -0.3 is 15.8 Å². The van der Waals surface area contributed by atoms with E-state index in [2.05, 4.69) is 10.0 Å². The highest BCUT2D eigenvalue weighted by atomic mass is 32.2. The Morgan fingerprint density at radius 1 is 1.43 bits per heavy atom. The van der Waals surface area contributed by atoms with Gasteiger partial charge in [-0.25, -0.2) is 17.5 Å². The number of rotatable bonds is 7. The third-order valence-corrected chi connectivity index (χ3v) is 4.00. The molecule has 0 atom stereocenters. The lowest BCUT2D eigenvalue weighted by molar-refractivity contribution is -0.120. The van der Waals surface area contributed by atoms with Crippen molar-refractivity contribution in [1.82, 2.24) is 10.0 Å². The summed E-state index contributed by atoms with van der Waals surface area (Å²) in [5.41, 5.74) is 5.24. The summed E-state index contributed by atoms with van der Waals surface area (Å²) in [6, 6.07) is 2.16. The van der Waals surface area contributed by atoms with E-state index in [0.29, 0.717) is 6.61 Å². The van der Waals surface area contributed by atoms with E-state index in [4.69, 9.17) is 10.5 Å². The molecule has 0 aliphatic carbocycles. The van der Waals surface area contributed by atoms with E-state index in [1.54, 1.807) is 0 Å². The minimum absolute atomic E-state index is 0.111. The number of benzene rings is 1. The fourth-order valence-corrected chi connectivity index (χ4v) is 2.62. The lowest BCUT2D eigenvalue weighted by Gasteiger charge is -2.09. The Bertz CT molecular complexity index is 596. The number of sulfonamides is 1. The predicted octanol–water partition coefficient (Wildman–Crippen LogP) is -0.243. The Morgan fingerprint density at radius 3 is 2.67 bits per heavy atom. The van der Waals surface area contributed by atoms with Crippen LogP contribution in [0, 0.1) is 12.7 Å². The molecule has 1 aromatic rings. The van der Waals surface area contributed by atoms with Gasteiger partial charge in [0.2, 0.25) is 15.9 Å². The van der Waals surface area contributed by atoms with Crippen molar-refractivity contribution in [3.8, 4) is 0 Å². The van der Waals surface area contributed by atoms with Crippen molar-refractivity contribution in [3.05, 3.63) is 23.5 Å². The van der Waals surface area contributed by atoms with Crippen molar-refractivity contribution in [2.45, 2.75) is 11.8 Å². The first-order chi connectivity index (χ1) is 9.77. The van der Waals surface area contributed by atoms with Crippen LogP contribution in [0.15, 0.2) is 17.0 Å². The molecule has 0 heterocycles. The topological polar surface area (TPSA) is 111 Å². The lowest BCUT2D eigenvalue weighted by atomic mass is 10.2. The molecule has 1 amide bonds. The van der Waals surface area contributed by atoms with Crippen LogP contribution in [-0.2, 0) is 19.6 Å². The number of carbonyl (C=O) groups is 1. The normalized spacial score (nSPS) is 11.4. The summed E-state index contributed by atoms with van der Waals surface area (Å²) in [5.74, 6) is -1.16. The van der Waals surface area contributed by atoms with Crippen molar-refractivity contribution < 1.29 is 22.3 Å². The Morgan fingerprint density at radius 2 is 2.10 bits per heavy atom. The van der Waals surface area contributed by atoms with Crippen molar-refractivity contribution in [2.24, 2.45) is 0 Å². The number of hydrogen-bond donors (Lipinski definition) is 3. The van der Waals surface area contributed by atoms with E-state index in [9.17, 15) is 17.6 Å². The van der Waals surface area contributed by atoms with E-state index in [1.807, 2.05) is 0 Å². The highest BCUT2D eigenvalue weighted by molar-refractivity contribution is 7.89. The lowest BCUT2D eigenvalue weighted by Crippen LogP contribution is -2.38. The molecule has 0 aromatic heterocycles. The predicted molar refractivity (Wildman–Crippen MR) is 75.6 cm³/mol. The second-order valence-corrected chi connectivity index (χ2v) is 6.08. The fourth-order valence-electron chi connectivity index (χ4n) is 1.52. The maximum atomic E-state index is 13.4. The molecule has 0 spiro atoms. The molecule has 1 aromatic carbocycles. The third kappa shape index (κ3) is 4.96. The van der Waals surface area contributed by atoms with Crippen LogP contribution < -0.4 is 15.8 Å². The first-order valence-corrected chi connectivity index (χ1v) is 7.57. The molecule has 1 rings (SSSR count). The molecule has 0 bridgehead atoms. The van der Waals surface area contributed by atoms with Crippen LogP contribution >= 0.6 is 0 Å². The number of amides is 1. The Labute approximate surface area is 122 Å². The maximum absolute atomic E-state index is 13.4. The molecule has 21 heavy (non-hydrogen) atoms. The molecule has 0 aliphatic rings. The Hall–Kier alpha value is -1.71. The van der Waals surface area contributed by atoms with E-state index < -0.39 is 28.3 Å². The number of carbonyl (C=O) groups excluding carboxylic acids is 1. The van der Waals surface area contributed by atoms with E-state index in [0.717, 1.165) is 12.1 Å². The van der Waals surface area contributed by atoms with Crippen LogP contribution in [0.3, 0.4) is 0 Å². The molecule has 0 unspecified atom stereocenters. The van der Waals surface area contributed by atoms with E-state index in [-0.39, 0.29) is 22.7 Å². The SMILES string of the molecule is COCCNC(=O)CNS(=O)(=O)c1cc(C)c(F)c(N)c1. The number of ether oxygens (including phenoxy) is 1. The zero-order chi connectivity index (χ0) is 16.0. The van der Waals surface area contributed by atoms with Crippen molar-refractivity contribution >= 4 is 21.6 Å². The number of aryl methyl sites for hydroxylation is 1. The molecule has 0 saturated carbocycles. The van der Waals surface area contributed by atoms with Gasteiger partial charge in [-0.2, -0.15) is 0 Å². The van der Waals surface area contributed by atoms with Gasteiger partial charge in [0.15, 0.2) is 0 Å². The van der Waals surface area contributed by atoms with Crippen LogP contribution in [0.2, 0.25) is 0 Å². The summed E-state index contributed by atoms with van der Waals surface area (Å²) in [6.07, 6.45) is 0. The highest BCUT2D eigenvalue weighted by Gasteiger charge is 2.18. The molecule has 4 N–H and O–H groups in total. The average molecular weight is 319 g/mol. The number of anilines is 1. The third-order valence-electron chi connectivity index (χ3n) is 2.62. The molecule has 7 nitrogen and oxygen atoms in total. The van der Waals surface area contributed by atoms with E-state index >= 15 is 0 Å². The average Bonchev–Trinajstić information content (AvgIpc) is 2.42. The summed E-state index contributed by atoms with van der Waals surface area (Å²) < 4.78 is 44.2. The fraction of sp³-hybridized carbons (Fsp3) is 0.417. The molecule has 9 heteroatoms. The molecule has 0 radical (unpaired) electrons. The van der Waals surface area contributed by atoms with Gasteiger partial charge in [0.1, 0.15) is 5.82 Å². The van der Waals surface area contributed by atoms with Gasteiger partial charge in [0, 0.05) is 13.7 Å². The minimum Gasteiger partial charge on any atom is -0.396 e. The number of hydrogen-bond acceptors (Lipinski definition) is 5. The van der Waals surface area contributed by atoms with Gasteiger partial charge in [0.05, 0.1) is 23.7 Å². The van der Waals surface area contributed by atoms with Gasteiger partial charge in [0.25, 0.3) is 0 Å². The monoisotopic (exact) mass is 319 g/mol. The van der Waals surface area contributed by atoms with Gasteiger partial charge in [-0.15, -0.1) is 0 Å².